The first kappa shape index (κ1) is 13.8. The first-order valence-electron chi connectivity index (χ1n) is 6.81. The van der Waals surface area contributed by atoms with Crippen LogP contribution < -0.4 is 10.6 Å². The van der Waals surface area contributed by atoms with Gasteiger partial charge in [0.25, 0.3) is 5.69 Å². The molecule has 5 heteroatoms. The Morgan fingerprint density at radius 1 is 1.32 bits per heavy atom. The summed E-state index contributed by atoms with van der Waals surface area (Å²) in [6.07, 6.45) is 4.82. The molecule has 2 rings (SSSR count). The number of hydrogen-bond donors (Lipinski definition) is 1. The highest BCUT2D eigenvalue weighted by atomic mass is 16.6. The summed E-state index contributed by atoms with van der Waals surface area (Å²) in [5.41, 5.74) is 7.02. The third-order valence-corrected chi connectivity index (χ3v) is 4.14. The second-order valence-electron chi connectivity index (χ2n) is 5.23. The maximum Gasteiger partial charge on any atom is 0.269 e. The van der Waals surface area contributed by atoms with Crippen molar-refractivity contribution in [2.75, 3.05) is 18.5 Å². The van der Waals surface area contributed by atoms with Crippen molar-refractivity contribution >= 4 is 11.4 Å². The molecule has 0 heterocycles. The maximum atomic E-state index is 10.7. The quantitative estimate of drug-likeness (QED) is 0.669. The smallest absolute Gasteiger partial charge is 0.269 e. The van der Waals surface area contributed by atoms with E-state index in [1.54, 1.807) is 12.1 Å². The molecule has 1 fully saturated rings. The predicted octanol–water partition coefficient (Wildman–Crippen LogP) is 2.55. The molecule has 2 unspecified atom stereocenters. The fourth-order valence-corrected chi connectivity index (χ4v) is 2.97. The van der Waals surface area contributed by atoms with Gasteiger partial charge in [-0.3, -0.25) is 10.1 Å². The molecule has 1 aliphatic rings. The Morgan fingerprint density at radius 3 is 2.53 bits per heavy atom. The van der Waals surface area contributed by atoms with Gasteiger partial charge in [0.2, 0.25) is 0 Å². The number of benzene rings is 1. The second-order valence-corrected chi connectivity index (χ2v) is 5.23. The number of rotatable bonds is 4. The van der Waals surface area contributed by atoms with E-state index in [0.717, 1.165) is 12.1 Å². The van der Waals surface area contributed by atoms with Crippen LogP contribution in [0.3, 0.4) is 0 Å². The lowest BCUT2D eigenvalue weighted by molar-refractivity contribution is -0.384. The molecule has 19 heavy (non-hydrogen) atoms. The van der Waals surface area contributed by atoms with Crippen molar-refractivity contribution in [2.45, 2.75) is 31.7 Å². The van der Waals surface area contributed by atoms with Crippen LogP contribution in [-0.4, -0.2) is 24.6 Å². The van der Waals surface area contributed by atoms with E-state index >= 15 is 0 Å². The average Bonchev–Trinajstić information content (AvgIpc) is 2.46. The van der Waals surface area contributed by atoms with E-state index in [4.69, 9.17) is 5.73 Å². The summed E-state index contributed by atoms with van der Waals surface area (Å²) < 4.78 is 0. The number of non-ortho nitro benzene ring substituents is 1. The van der Waals surface area contributed by atoms with E-state index in [-0.39, 0.29) is 10.6 Å². The molecule has 1 aromatic carbocycles. The van der Waals surface area contributed by atoms with Crippen molar-refractivity contribution in [3.8, 4) is 0 Å². The van der Waals surface area contributed by atoms with Gasteiger partial charge in [-0.2, -0.15) is 0 Å². The van der Waals surface area contributed by atoms with Crippen molar-refractivity contribution in [1.29, 1.82) is 0 Å². The van der Waals surface area contributed by atoms with Gasteiger partial charge in [-0.1, -0.05) is 12.8 Å². The molecule has 0 amide bonds. The number of nitro benzene ring substituents is 1. The Kier molecular flexibility index (Phi) is 4.37. The van der Waals surface area contributed by atoms with Crippen LogP contribution in [0.2, 0.25) is 0 Å². The lowest BCUT2D eigenvalue weighted by atomic mass is 9.83. The number of hydrogen-bond acceptors (Lipinski definition) is 4. The van der Waals surface area contributed by atoms with Crippen molar-refractivity contribution in [3.05, 3.63) is 34.4 Å². The Balaban J connectivity index is 2.13. The zero-order chi connectivity index (χ0) is 13.8. The minimum atomic E-state index is -0.368. The van der Waals surface area contributed by atoms with E-state index in [2.05, 4.69) is 11.9 Å². The van der Waals surface area contributed by atoms with Crippen LogP contribution in [0.1, 0.15) is 25.7 Å². The number of nitrogens with zero attached hydrogens (tertiary/aromatic N) is 2. The van der Waals surface area contributed by atoms with Crippen LogP contribution in [0.25, 0.3) is 0 Å². The molecule has 0 spiro atoms. The van der Waals surface area contributed by atoms with Crippen molar-refractivity contribution in [3.63, 3.8) is 0 Å². The van der Waals surface area contributed by atoms with Gasteiger partial charge in [0, 0.05) is 30.9 Å². The number of nitrogens with two attached hydrogens (primary N) is 1. The fraction of sp³-hybridized carbons (Fsp3) is 0.571. The number of nitro groups is 1. The van der Waals surface area contributed by atoms with Crippen LogP contribution in [0.5, 0.6) is 0 Å². The van der Waals surface area contributed by atoms with E-state index in [1.165, 1.54) is 19.3 Å². The SMILES string of the molecule is CN(c1ccc([N+](=O)[O-])cc1)C1CCCCC1CN. The minimum absolute atomic E-state index is 0.135. The summed E-state index contributed by atoms with van der Waals surface area (Å²) in [6.45, 7) is 0.710. The summed E-state index contributed by atoms with van der Waals surface area (Å²) in [5.74, 6) is 0.522. The van der Waals surface area contributed by atoms with Crippen LogP contribution in [0, 0.1) is 16.0 Å². The van der Waals surface area contributed by atoms with Gasteiger partial charge < -0.3 is 10.6 Å². The van der Waals surface area contributed by atoms with Gasteiger partial charge in [-0.25, -0.2) is 0 Å². The Bertz CT molecular complexity index is 433. The molecule has 1 saturated carbocycles. The molecule has 0 aromatic heterocycles. The van der Waals surface area contributed by atoms with Crippen LogP contribution in [-0.2, 0) is 0 Å². The summed E-state index contributed by atoms with van der Waals surface area (Å²) in [6, 6.07) is 7.21. The molecule has 0 bridgehead atoms. The molecule has 0 aliphatic heterocycles. The van der Waals surface area contributed by atoms with Gasteiger partial charge >= 0.3 is 0 Å². The highest BCUT2D eigenvalue weighted by molar-refractivity contribution is 5.51. The van der Waals surface area contributed by atoms with Crippen molar-refractivity contribution < 1.29 is 4.92 Å². The molecule has 5 nitrogen and oxygen atoms in total. The third kappa shape index (κ3) is 3.04. The summed E-state index contributed by atoms with van der Waals surface area (Å²) >= 11 is 0. The van der Waals surface area contributed by atoms with Gasteiger partial charge in [0.05, 0.1) is 4.92 Å². The lowest BCUT2D eigenvalue weighted by Gasteiger charge is -2.38. The Hall–Kier alpha value is -1.62. The zero-order valence-electron chi connectivity index (χ0n) is 11.3. The first-order valence-corrected chi connectivity index (χ1v) is 6.81. The molecule has 0 saturated heterocycles. The van der Waals surface area contributed by atoms with Crippen LogP contribution in [0.4, 0.5) is 11.4 Å². The topological polar surface area (TPSA) is 72.4 Å². The van der Waals surface area contributed by atoms with Gasteiger partial charge in [0.1, 0.15) is 0 Å². The summed E-state index contributed by atoms with van der Waals surface area (Å²) in [5, 5.41) is 10.7. The molecule has 0 radical (unpaired) electrons. The molecule has 104 valence electrons. The lowest BCUT2D eigenvalue weighted by Crippen LogP contribution is -2.43. The molecule has 1 aliphatic carbocycles. The van der Waals surface area contributed by atoms with Gasteiger partial charge in [-0.05, 0) is 37.4 Å². The monoisotopic (exact) mass is 263 g/mol. The van der Waals surface area contributed by atoms with E-state index in [1.807, 2.05) is 12.1 Å². The third-order valence-electron chi connectivity index (χ3n) is 4.14. The van der Waals surface area contributed by atoms with E-state index in [0.29, 0.717) is 18.5 Å². The minimum Gasteiger partial charge on any atom is -0.371 e. The van der Waals surface area contributed by atoms with E-state index in [9.17, 15) is 10.1 Å². The zero-order valence-corrected chi connectivity index (χ0v) is 11.3. The fourth-order valence-electron chi connectivity index (χ4n) is 2.97. The van der Waals surface area contributed by atoms with Gasteiger partial charge in [-0.15, -0.1) is 0 Å². The highest BCUT2D eigenvalue weighted by Gasteiger charge is 2.27. The first-order chi connectivity index (χ1) is 9.13. The molecular formula is C14H21N3O2. The Morgan fingerprint density at radius 2 is 1.95 bits per heavy atom. The summed E-state index contributed by atoms with van der Waals surface area (Å²) in [4.78, 5) is 12.5. The molecular weight excluding hydrogens is 242 g/mol. The van der Waals surface area contributed by atoms with Crippen molar-refractivity contribution in [2.24, 2.45) is 11.7 Å². The van der Waals surface area contributed by atoms with E-state index < -0.39 is 0 Å². The standard InChI is InChI=1S/C14H21N3O2/c1-16(14-5-3-2-4-11(14)10-15)12-6-8-13(9-7-12)17(18)19/h6-9,11,14H,2-5,10,15H2,1H3. The van der Waals surface area contributed by atoms with Gasteiger partial charge in [0.15, 0.2) is 0 Å². The molecule has 2 atom stereocenters. The van der Waals surface area contributed by atoms with Crippen molar-refractivity contribution in [1.82, 2.24) is 0 Å². The molecule has 1 aromatic rings. The average molecular weight is 263 g/mol. The second kappa shape index (κ2) is 6.02. The molecule has 2 N–H and O–H groups in total. The normalized spacial score (nSPS) is 23.1. The maximum absolute atomic E-state index is 10.7. The van der Waals surface area contributed by atoms with Crippen LogP contribution >= 0.6 is 0 Å². The van der Waals surface area contributed by atoms with Crippen LogP contribution in [0.15, 0.2) is 24.3 Å². The summed E-state index contributed by atoms with van der Waals surface area (Å²) in [7, 11) is 2.06. The predicted molar refractivity (Wildman–Crippen MR) is 76.3 cm³/mol. The Labute approximate surface area is 113 Å². The largest absolute Gasteiger partial charge is 0.371 e. The number of anilines is 1. The highest BCUT2D eigenvalue weighted by Crippen LogP contribution is 2.30.